The Kier molecular flexibility index (Phi) is 6.82. The molecule has 2 N–H and O–H groups in total. The van der Waals surface area contributed by atoms with Gasteiger partial charge >= 0.3 is 0 Å². The van der Waals surface area contributed by atoms with Crippen molar-refractivity contribution in [3.63, 3.8) is 0 Å². The number of rotatable bonds is 6. The quantitative estimate of drug-likeness (QED) is 0.500. The predicted molar refractivity (Wildman–Crippen MR) is 115 cm³/mol. The molecule has 8 heteroatoms. The van der Waals surface area contributed by atoms with Gasteiger partial charge in [0.25, 0.3) is 0 Å². The average Bonchev–Trinajstić information content (AvgIpc) is 2.98. The zero-order chi connectivity index (χ0) is 19.2. The van der Waals surface area contributed by atoms with Crippen LogP contribution in [0.15, 0.2) is 59.2 Å². The van der Waals surface area contributed by atoms with Crippen LogP contribution in [0.5, 0.6) is 0 Å². The van der Waals surface area contributed by atoms with Crippen molar-refractivity contribution in [2.75, 3.05) is 11.9 Å². The third-order valence-corrected chi connectivity index (χ3v) is 5.05. The highest BCUT2D eigenvalue weighted by atomic mass is 79.9. The summed E-state index contributed by atoms with van der Waals surface area (Å²) in [6, 6.07) is 14.8. The summed E-state index contributed by atoms with van der Waals surface area (Å²) >= 11 is 14.8. The second-order valence-corrected chi connectivity index (χ2v) is 7.51. The molecule has 0 atom stereocenters. The molecule has 4 nitrogen and oxygen atoms in total. The number of benzene rings is 2. The van der Waals surface area contributed by atoms with Crippen LogP contribution < -0.4 is 10.6 Å². The van der Waals surface area contributed by atoms with Crippen molar-refractivity contribution in [3.8, 4) is 0 Å². The van der Waals surface area contributed by atoms with E-state index in [4.69, 9.17) is 23.8 Å². The number of hydrogen-bond acceptors (Lipinski definition) is 2. The van der Waals surface area contributed by atoms with E-state index in [2.05, 4.69) is 43.8 Å². The first kappa shape index (κ1) is 19.8. The van der Waals surface area contributed by atoms with Gasteiger partial charge in [0.05, 0.1) is 11.0 Å². The molecule has 0 amide bonds. The van der Waals surface area contributed by atoms with Gasteiger partial charge in [0.1, 0.15) is 5.82 Å². The Morgan fingerprint density at radius 2 is 1.96 bits per heavy atom. The summed E-state index contributed by atoms with van der Waals surface area (Å²) in [6.45, 7) is 0.930. The van der Waals surface area contributed by atoms with Crippen LogP contribution in [0.4, 0.5) is 10.2 Å². The highest BCUT2D eigenvalue weighted by Crippen LogP contribution is 2.24. The van der Waals surface area contributed by atoms with E-state index in [1.807, 2.05) is 18.2 Å². The van der Waals surface area contributed by atoms with E-state index in [1.165, 1.54) is 11.6 Å². The molecule has 0 bridgehead atoms. The SMILES string of the molecule is Fc1cccc(Cl)c1Cn1cc(Br)c(NC(=S)NCCc2ccccc2)n1. The van der Waals surface area contributed by atoms with E-state index < -0.39 is 0 Å². The minimum Gasteiger partial charge on any atom is -0.362 e. The highest BCUT2D eigenvalue weighted by molar-refractivity contribution is 9.10. The maximum absolute atomic E-state index is 13.9. The van der Waals surface area contributed by atoms with Crippen molar-refractivity contribution >= 4 is 50.7 Å². The van der Waals surface area contributed by atoms with E-state index in [0.717, 1.165) is 10.9 Å². The molecular weight excluding hydrogens is 451 g/mol. The molecule has 0 aliphatic carbocycles. The number of halogens is 3. The Hall–Kier alpha value is -1.96. The van der Waals surface area contributed by atoms with Gasteiger partial charge in [-0.2, -0.15) is 5.10 Å². The van der Waals surface area contributed by atoms with Crippen LogP contribution in [-0.4, -0.2) is 21.4 Å². The highest BCUT2D eigenvalue weighted by Gasteiger charge is 2.12. The summed E-state index contributed by atoms with van der Waals surface area (Å²) in [5.41, 5.74) is 1.63. The fourth-order valence-electron chi connectivity index (χ4n) is 2.52. The van der Waals surface area contributed by atoms with Gasteiger partial charge in [0, 0.05) is 23.3 Å². The fraction of sp³-hybridized carbons (Fsp3) is 0.158. The minimum atomic E-state index is -0.360. The summed E-state index contributed by atoms with van der Waals surface area (Å²) in [5, 5.41) is 11.4. The van der Waals surface area contributed by atoms with E-state index in [1.54, 1.807) is 23.0 Å². The van der Waals surface area contributed by atoms with Gasteiger partial charge in [-0.05, 0) is 52.3 Å². The molecule has 0 saturated carbocycles. The van der Waals surface area contributed by atoms with E-state index in [9.17, 15) is 4.39 Å². The van der Waals surface area contributed by atoms with Gasteiger partial charge in [-0.15, -0.1) is 0 Å². The van der Waals surface area contributed by atoms with Crippen LogP contribution in [0, 0.1) is 5.82 Å². The molecule has 27 heavy (non-hydrogen) atoms. The molecular formula is C19H17BrClFN4S. The summed E-state index contributed by atoms with van der Waals surface area (Å²) in [7, 11) is 0. The van der Waals surface area contributed by atoms with Gasteiger partial charge < -0.3 is 10.6 Å². The van der Waals surface area contributed by atoms with Crippen molar-refractivity contribution in [3.05, 3.63) is 81.2 Å². The molecule has 0 aliphatic rings. The number of hydrogen-bond donors (Lipinski definition) is 2. The summed E-state index contributed by atoms with van der Waals surface area (Å²) < 4.78 is 16.3. The monoisotopic (exact) mass is 466 g/mol. The van der Waals surface area contributed by atoms with Crippen molar-refractivity contribution < 1.29 is 4.39 Å². The van der Waals surface area contributed by atoms with Crippen LogP contribution in [0.1, 0.15) is 11.1 Å². The molecule has 0 aliphatic heterocycles. The third kappa shape index (κ3) is 5.51. The van der Waals surface area contributed by atoms with E-state index in [0.29, 0.717) is 28.1 Å². The predicted octanol–water partition coefficient (Wildman–Crippen LogP) is 5.02. The lowest BCUT2D eigenvalue weighted by atomic mass is 10.1. The lowest BCUT2D eigenvalue weighted by Crippen LogP contribution is -2.30. The molecule has 3 rings (SSSR count). The molecule has 0 unspecified atom stereocenters. The topological polar surface area (TPSA) is 41.9 Å². The van der Waals surface area contributed by atoms with Gasteiger partial charge in [-0.25, -0.2) is 4.39 Å². The smallest absolute Gasteiger partial charge is 0.172 e. The number of nitrogens with zero attached hydrogens (tertiary/aromatic N) is 2. The van der Waals surface area contributed by atoms with Crippen LogP contribution in [0.3, 0.4) is 0 Å². The first-order chi connectivity index (χ1) is 13.0. The second-order valence-electron chi connectivity index (χ2n) is 5.84. The second kappa shape index (κ2) is 9.30. The standard InChI is InChI=1S/C19H17BrClFN4S/c20-15-12-26(11-14-16(21)7-4-8-17(14)22)25-18(15)24-19(27)23-10-9-13-5-2-1-3-6-13/h1-8,12H,9-11H2,(H2,23,24,25,27). The zero-order valence-corrected chi connectivity index (χ0v) is 17.4. The third-order valence-electron chi connectivity index (χ3n) is 3.87. The maximum Gasteiger partial charge on any atom is 0.172 e. The Morgan fingerprint density at radius 1 is 1.19 bits per heavy atom. The fourth-order valence-corrected chi connectivity index (χ4v) is 3.36. The van der Waals surface area contributed by atoms with Crippen molar-refractivity contribution in [1.82, 2.24) is 15.1 Å². The number of anilines is 1. The van der Waals surface area contributed by atoms with Crippen molar-refractivity contribution in [1.29, 1.82) is 0 Å². The summed E-state index contributed by atoms with van der Waals surface area (Å²) in [4.78, 5) is 0. The zero-order valence-electron chi connectivity index (χ0n) is 14.3. The molecule has 0 spiro atoms. The molecule has 0 saturated heterocycles. The number of aromatic nitrogens is 2. The van der Waals surface area contributed by atoms with Gasteiger partial charge in [0.15, 0.2) is 10.9 Å². The Balaban J connectivity index is 1.57. The Bertz CT molecular complexity index is 912. The van der Waals surface area contributed by atoms with Crippen LogP contribution in [0.25, 0.3) is 0 Å². The number of nitrogens with one attached hydrogen (secondary N) is 2. The van der Waals surface area contributed by atoms with Gasteiger partial charge in [-0.1, -0.05) is 48.0 Å². The normalized spacial score (nSPS) is 10.6. The van der Waals surface area contributed by atoms with Gasteiger partial charge in [-0.3, -0.25) is 4.68 Å². The van der Waals surface area contributed by atoms with Gasteiger partial charge in [0.2, 0.25) is 0 Å². The first-order valence-corrected chi connectivity index (χ1v) is 9.85. The molecule has 3 aromatic rings. The lowest BCUT2D eigenvalue weighted by Gasteiger charge is -2.09. The van der Waals surface area contributed by atoms with Crippen molar-refractivity contribution in [2.45, 2.75) is 13.0 Å². The minimum absolute atomic E-state index is 0.222. The maximum atomic E-state index is 13.9. The van der Waals surface area contributed by atoms with Crippen molar-refractivity contribution in [2.24, 2.45) is 0 Å². The summed E-state index contributed by atoms with van der Waals surface area (Å²) in [5.74, 6) is 0.196. The Morgan fingerprint density at radius 3 is 2.70 bits per heavy atom. The molecule has 2 aromatic carbocycles. The molecule has 1 heterocycles. The van der Waals surface area contributed by atoms with Crippen LogP contribution >= 0.6 is 39.7 Å². The molecule has 0 fully saturated rings. The molecule has 1 aromatic heterocycles. The van der Waals surface area contributed by atoms with Crippen LogP contribution in [-0.2, 0) is 13.0 Å². The number of thiocarbonyl (C=S) groups is 1. The van der Waals surface area contributed by atoms with E-state index >= 15 is 0 Å². The molecule has 0 radical (unpaired) electrons. The molecule has 140 valence electrons. The lowest BCUT2D eigenvalue weighted by molar-refractivity contribution is 0.586. The first-order valence-electron chi connectivity index (χ1n) is 8.27. The Labute approximate surface area is 175 Å². The average molecular weight is 468 g/mol. The largest absolute Gasteiger partial charge is 0.362 e. The van der Waals surface area contributed by atoms with E-state index in [-0.39, 0.29) is 12.4 Å². The summed E-state index contributed by atoms with van der Waals surface area (Å²) in [6.07, 6.45) is 2.61. The van der Waals surface area contributed by atoms with Crippen LogP contribution in [0.2, 0.25) is 5.02 Å².